The van der Waals surface area contributed by atoms with Crippen molar-refractivity contribution < 1.29 is 19.1 Å². The Morgan fingerprint density at radius 2 is 1.92 bits per heavy atom. The highest BCUT2D eigenvalue weighted by atomic mass is 32.1. The van der Waals surface area contributed by atoms with E-state index in [9.17, 15) is 9.59 Å². The molecule has 6 heteroatoms. The molecule has 1 amide bonds. The van der Waals surface area contributed by atoms with Gasteiger partial charge in [-0.05, 0) is 44.4 Å². The summed E-state index contributed by atoms with van der Waals surface area (Å²) in [5, 5.41) is 3.41. The SMILES string of the molecule is CCOC(=O)c1c(NC(=O)CCc2ccccc2OC)sc(C)c1C. The lowest BCUT2D eigenvalue weighted by Gasteiger charge is -2.09. The van der Waals surface area contributed by atoms with Gasteiger partial charge in [0.25, 0.3) is 0 Å². The number of hydrogen-bond acceptors (Lipinski definition) is 5. The molecule has 0 radical (unpaired) electrons. The molecule has 0 bridgehead atoms. The number of hydrogen-bond donors (Lipinski definition) is 1. The van der Waals surface area contributed by atoms with Gasteiger partial charge in [0.05, 0.1) is 19.3 Å². The fourth-order valence-corrected chi connectivity index (χ4v) is 3.58. The van der Waals surface area contributed by atoms with Crippen LogP contribution in [0.15, 0.2) is 24.3 Å². The van der Waals surface area contributed by atoms with Crippen molar-refractivity contribution in [1.82, 2.24) is 0 Å². The van der Waals surface area contributed by atoms with Crippen LogP contribution >= 0.6 is 11.3 Å². The molecule has 0 atom stereocenters. The van der Waals surface area contributed by atoms with Crippen LogP contribution in [-0.4, -0.2) is 25.6 Å². The van der Waals surface area contributed by atoms with E-state index < -0.39 is 5.97 Å². The molecule has 0 aliphatic heterocycles. The Morgan fingerprint density at radius 3 is 2.60 bits per heavy atom. The second-order valence-electron chi connectivity index (χ2n) is 5.57. The number of methoxy groups -OCH3 is 1. The normalized spacial score (nSPS) is 10.4. The number of esters is 1. The minimum atomic E-state index is -0.399. The highest BCUT2D eigenvalue weighted by Gasteiger charge is 2.22. The molecular formula is C19H23NO4S. The number of aryl methyl sites for hydroxylation is 2. The zero-order chi connectivity index (χ0) is 18.4. The van der Waals surface area contributed by atoms with Gasteiger partial charge in [0.15, 0.2) is 0 Å². The van der Waals surface area contributed by atoms with Crippen molar-refractivity contribution in [2.24, 2.45) is 0 Å². The number of para-hydroxylation sites is 1. The number of anilines is 1. The van der Waals surface area contributed by atoms with Gasteiger partial charge in [-0.3, -0.25) is 4.79 Å². The first kappa shape index (κ1) is 19.0. The molecule has 1 aromatic carbocycles. The summed E-state index contributed by atoms with van der Waals surface area (Å²) in [7, 11) is 1.61. The van der Waals surface area contributed by atoms with Crippen LogP contribution in [0.1, 0.15) is 39.7 Å². The molecule has 1 heterocycles. The first-order chi connectivity index (χ1) is 12.0. The van der Waals surface area contributed by atoms with Crippen LogP contribution in [0.25, 0.3) is 0 Å². The van der Waals surface area contributed by atoms with Crippen molar-refractivity contribution in [2.45, 2.75) is 33.6 Å². The lowest BCUT2D eigenvalue weighted by molar-refractivity contribution is -0.116. The highest BCUT2D eigenvalue weighted by molar-refractivity contribution is 7.16. The average Bonchev–Trinajstić information content (AvgIpc) is 2.87. The summed E-state index contributed by atoms with van der Waals surface area (Å²) in [6, 6.07) is 7.62. The molecule has 2 aromatic rings. The van der Waals surface area contributed by atoms with Gasteiger partial charge in [-0.1, -0.05) is 18.2 Å². The molecule has 25 heavy (non-hydrogen) atoms. The Morgan fingerprint density at radius 1 is 1.20 bits per heavy atom. The number of thiophene rings is 1. The van der Waals surface area contributed by atoms with E-state index in [1.807, 2.05) is 38.1 Å². The number of amides is 1. The predicted molar refractivity (Wildman–Crippen MR) is 99.7 cm³/mol. The van der Waals surface area contributed by atoms with Crippen molar-refractivity contribution in [3.63, 3.8) is 0 Å². The number of nitrogens with one attached hydrogen (secondary N) is 1. The minimum absolute atomic E-state index is 0.141. The molecule has 0 saturated heterocycles. The summed E-state index contributed by atoms with van der Waals surface area (Å²) in [5.74, 6) is 0.229. The van der Waals surface area contributed by atoms with E-state index in [4.69, 9.17) is 9.47 Å². The topological polar surface area (TPSA) is 64.6 Å². The lowest BCUT2D eigenvalue weighted by atomic mass is 10.1. The van der Waals surface area contributed by atoms with Gasteiger partial charge >= 0.3 is 5.97 Å². The van der Waals surface area contributed by atoms with Crippen LogP contribution in [0, 0.1) is 13.8 Å². The molecule has 0 saturated carbocycles. The van der Waals surface area contributed by atoms with E-state index in [0.717, 1.165) is 21.8 Å². The van der Waals surface area contributed by atoms with E-state index in [2.05, 4.69) is 5.32 Å². The largest absolute Gasteiger partial charge is 0.496 e. The molecule has 0 spiro atoms. The third kappa shape index (κ3) is 4.60. The summed E-state index contributed by atoms with van der Waals surface area (Å²) >= 11 is 1.40. The maximum absolute atomic E-state index is 12.3. The molecule has 0 unspecified atom stereocenters. The zero-order valence-electron chi connectivity index (χ0n) is 15.0. The monoisotopic (exact) mass is 361 g/mol. The van der Waals surface area contributed by atoms with Crippen molar-refractivity contribution in [2.75, 3.05) is 19.0 Å². The molecule has 134 valence electrons. The summed E-state index contributed by atoms with van der Waals surface area (Å²) in [4.78, 5) is 25.5. The maximum Gasteiger partial charge on any atom is 0.341 e. The van der Waals surface area contributed by atoms with E-state index >= 15 is 0 Å². The fourth-order valence-electron chi connectivity index (χ4n) is 2.51. The third-order valence-electron chi connectivity index (χ3n) is 3.93. The van der Waals surface area contributed by atoms with Gasteiger partial charge in [0.1, 0.15) is 10.8 Å². The second-order valence-corrected chi connectivity index (χ2v) is 6.79. The Balaban J connectivity index is 2.08. The van der Waals surface area contributed by atoms with E-state index in [1.165, 1.54) is 11.3 Å². The molecule has 0 aliphatic carbocycles. The molecular weight excluding hydrogens is 338 g/mol. The standard InChI is InChI=1S/C19H23NO4S/c1-5-24-19(22)17-12(2)13(3)25-18(17)20-16(21)11-10-14-8-6-7-9-15(14)23-4/h6-9H,5,10-11H2,1-4H3,(H,20,21). The predicted octanol–water partition coefficient (Wildman–Crippen LogP) is 4.12. The van der Waals surface area contributed by atoms with Crippen LogP contribution in [0.4, 0.5) is 5.00 Å². The lowest BCUT2D eigenvalue weighted by Crippen LogP contribution is -2.15. The van der Waals surface area contributed by atoms with Crippen LogP contribution in [0.3, 0.4) is 0 Å². The van der Waals surface area contributed by atoms with Crippen molar-refractivity contribution in [3.05, 3.63) is 45.8 Å². The molecule has 5 nitrogen and oxygen atoms in total. The maximum atomic E-state index is 12.3. The Labute approximate surface area is 152 Å². The summed E-state index contributed by atoms with van der Waals surface area (Å²) in [6.45, 7) is 5.85. The number of carbonyl (C=O) groups is 2. The Kier molecular flexibility index (Phi) is 6.58. The molecule has 0 aliphatic rings. The van der Waals surface area contributed by atoms with Crippen molar-refractivity contribution in [1.29, 1.82) is 0 Å². The minimum Gasteiger partial charge on any atom is -0.496 e. The van der Waals surface area contributed by atoms with E-state index in [0.29, 0.717) is 30.0 Å². The summed E-state index contributed by atoms with van der Waals surface area (Å²) < 4.78 is 10.4. The quantitative estimate of drug-likeness (QED) is 0.754. The van der Waals surface area contributed by atoms with Crippen LogP contribution in [0.2, 0.25) is 0 Å². The molecule has 1 N–H and O–H groups in total. The van der Waals surface area contributed by atoms with E-state index in [1.54, 1.807) is 14.0 Å². The molecule has 0 fully saturated rings. The van der Waals surface area contributed by atoms with Gasteiger partial charge in [0, 0.05) is 11.3 Å². The smallest absolute Gasteiger partial charge is 0.341 e. The first-order valence-electron chi connectivity index (χ1n) is 8.16. The summed E-state index contributed by atoms with van der Waals surface area (Å²) in [5.41, 5.74) is 2.28. The first-order valence-corrected chi connectivity index (χ1v) is 8.98. The van der Waals surface area contributed by atoms with E-state index in [-0.39, 0.29) is 5.91 Å². The average molecular weight is 361 g/mol. The van der Waals surface area contributed by atoms with Gasteiger partial charge < -0.3 is 14.8 Å². The second kappa shape index (κ2) is 8.67. The van der Waals surface area contributed by atoms with Gasteiger partial charge in [-0.15, -0.1) is 11.3 Å². The van der Waals surface area contributed by atoms with Crippen LogP contribution in [-0.2, 0) is 16.0 Å². The van der Waals surface area contributed by atoms with Gasteiger partial charge in [-0.2, -0.15) is 0 Å². The highest BCUT2D eigenvalue weighted by Crippen LogP contribution is 2.33. The molecule has 2 rings (SSSR count). The molecule has 1 aromatic heterocycles. The van der Waals surface area contributed by atoms with Gasteiger partial charge in [0.2, 0.25) is 5.91 Å². The van der Waals surface area contributed by atoms with Crippen LogP contribution in [0.5, 0.6) is 5.75 Å². The number of carbonyl (C=O) groups excluding carboxylic acids is 2. The van der Waals surface area contributed by atoms with Crippen molar-refractivity contribution >= 4 is 28.2 Å². The summed E-state index contributed by atoms with van der Waals surface area (Å²) in [6.07, 6.45) is 0.868. The third-order valence-corrected chi connectivity index (χ3v) is 5.05. The number of ether oxygens (including phenoxy) is 2. The van der Waals surface area contributed by atoms with Gasteiger partial charge in [-0.25, -0.2) is 4.79 Å². The van der Waals surface area contributed by atoms with Crippen molar-refractivity contribution in [3.8, 4) is 5.75 Å². The van der Waals surface area contributed by atoms with Crippen LogP contribution < -0.4 is 10.1 Å². The number of rotatable bonds is 7. The number of benzene rings is 1. The fraction of sp³-hybridized carbons (Fsp3) is 0.368. The zero-order valence-corrected chi connectivity index (χ0v) is 15.8. The Hall–Kier alpha value is -2.34. The Bertz CT molecular complexity index is 767.